The van der Waals surface area contributed by atoms with Gasteiger partial charge >= 0.3 is 0 Å². The highest BCUT2D eigenvalue weighted by Gasteiger charge is 2.65. The first-order valence-electron chi connectivity index (χ1n) is 10.8. The van der Waals surface area contributed by atoms with Gasteiger partial charge in [0.25, 0.3) is 0 Å². The Morgan fingerprint density at radius 1 is 1.10 bits per heavy atom. The first kappa shape index (κ1) is 20.3. The van der Waals surface area contributed by atoms with Gasteiger partial charge in [0.2, 0.25) is 16.8 Å². The number of hydrogen-bond donors (Lipinski definition) is 0. The van der Waals surface area contributed by atoms with Crippen LogP contribution < -0.4 is 9.47 Å². The van der Waals surface area contributed by atoms with Gasteiger partial charge in [0.05, 0.1) is 5.75 Å². The van der Waals surface area contributed by atoms with Crippen molar-refractivity contribution in [2.24, 2.45) is 16.7 Å². The maximum atomic E-state index is 13.3. The average Bonchev–Trinajstić information content (AvgIpc) is 3.31. The van der Waals surface area contributed by atoms with Crippen LogP contribution >= 0.6 is 0 Å². The predicted octanol–water partition coefficient (Wildman–Crippen LogP) is 2.26. The van der Waals surface area contributed by atoms with E-state index in [4.69, 9.17) is 9.47 Å². The van der Waals surface area contributed by atoms with E-state index in [1.807, 2.05) is 18.2 Å². The van der Waals surface area contributed by atoms with Crippen molar-refractivity contribution in [2.45, 2.75) is 39.7 Å². The molecule has 0 amide bonds. The fraction of sp³-hybridized carbons (Fsp3) is 0.682. The molecule has 1 unspecified atom stereocenters. The predicted molar refractivity (Wildman–Crippen MR) is 112 cm³/mol. The molecule has 0 radical (unpaired) electrons. The Labute approximate surface area is 178 Å². The minimum Gasteiger partial charge on any atom is -0.454 e. The van der Waals surface area contributed by atoms with Crippen molar-refractivity contribution in [3.05, 3.63) is 23.8 Å². The quantitative estimate of drug-likeness (QED) is 0.708. The Morgan fingerprint density at radius 2 is 1.83 bits per heavy atom. The SMILES string of the molecule is CC1(C)[C@H]2CCC1(CS(=O)(=O)N1CCN(Cc3ccc4c(c3)OCO4)CC1)C(=O)C2. The van der Waals surface area contributed by atoms with Crippen LogP contribution in [0.3, 0.4) is 0 Å². The number of benzene rings is 1. The summed E-state index contributed by atoms with van der Waals surface area (Å²) in [5.41, 5.74) is 0.211. The molecule has 2 heterocycles. The molecule has 2 bridgehead atoms. The molecular weight excluding hydrogens is 404 g/mol. The zero-order chi connectivity index (χ0) is 21.1. The Kier molecular flexibility index (Phi) is 4.69. The van der Waals surface area contributed by atoms with Gasteiger partial charge in [-0.3, -0.25) is 9.69 Å². The second-order valence-corrected chi connectivity index (χ2v) is 11.8. The van der Waals surface area contributed by atoms with Gasteiger partial charge in [0.1, 0.15) is 5.78 Å². The molecule has 1 aromatic carbocycles. The molecule has 0 spiro atoms. The standard InChI is InChI=1S/C22H30N2O5S/c1-21(2)17-5-6-22(21,20(25)12-17)14-30(26,27)24-9-7-23(8-10-24)13-16-3-4-18-19(11-16)29-15-28-18/h3-4,11,17H,5-10,12-15H2,1-2H3/t17-,22?/m0/s1. The van der Waals surface area contributed by atoms with E-state index >= 15 is 0 Å². The number of sulfonamides is 1. The van der Waals surface area contributed by atoms with Crippen molar-refractivity contribution in [2.75, 3.05) is 38.7 Å². The lowest BCUT2D eigenvalue weighted by Crippen LogP contribution is -2.52. The van der Waals surface area contributed by atoms with E-state index in [2.05, 4.69) is 18.7 Å². The van der Waals surface area contributed by atoms with E-state index in [1.165, 1.54) is 0 Å². The highest BCUT2D eigenvalue weighted by molar-refractivity contribution is 7.89. The topological polar surface area (TPSA) is 76.2 Å². The zero-order valence-corrected chi connectivity index (χ0v) is 18.5. The van der Waals surface area contributed by atoms with E-state index in [0.29, 0.717) is 44.9 Å². The van der Waals surface area contributed by atoms with Crippen LogP contribution in [0.15, 0.2) is 18.2 Å². The minimum atomic E-state index is -3.47. The van der Waals surface area contributed by atoms with Crippen molar-refractivity contribution < 1.29 is 22.7 Å². The fourth-order valence-electron chi connectivity index (χ4n) is 5.97. The number of carbonyl (C=O) groups is 1. The maximum Gasteiger partial charge on any atom is 0.231 e. The molecule has 0 aromatic heterocycles. The number of Topliss-reactive ketones (excluding diaryl/α,β-unsaturated/α-hetero) is 1. The minimum absolute atomic E-state index is 0.0233. The van der Waals surface area contributed by atoms with Crippen LogP contribution in [0.1, 0.15) is 38.7 Å². The smallest absolute Gasteiger partial charge is 0.231 e. The summed E-state index contributed by atoms with van der Waals surface area (Å²) in [4.78, 5) is 15.0. The molecule has 164 valence electrons. The molecule has 1 saturated heterocycles. The molecule has 0 N–H and O–H groups in total. The molecule has 5 rings (SSSR count). The zero-order valence-electron chi connectivity index (χ0n) is 17.7. The van der Waals surface area contributed by atoms with Gasteiger partial charge in [0, 0.05) is 44.6 Å². The maximum absolute atomic E-state index is 13.3. The summed E-state index contributed by atoms with van der Waals surface area (Å²) in [6.07, 6.45) is 2.23. The van der Waals surface area contributed by atoms with Gasteiger partial charge < -0.3 is 9.47 Å². The average molecular weight is 435 g/mol. The van der Waals surface area contributed by atoms with Crippen molar-refractivity contribution in [1.82, 2.24) is 9.21 Å². The molecule has 3 fully saturated rings. The van der Waals surface area contributed by atoms with E-state index in [9.17, 15) is 13.2 Å². The number of piperazine rings is 1. The van der Waals surface area contributed by atoms with Crippen LogP contribution in [-0.4, -0.2) is 62.1 Å². The number of ether oxygens (including phenoxy) is 2. The molecular formula is C22H30N2O5S. The van der Waals surface area contributed by atoms with Gasteiger partial charge in [-0.05, 0) is 41.9 Å². The first-order chi connectivity index (χ1) is 14.2. The molecule has 2 aliphatic heterocycles. The summed E-state index contributed by atoms with van der Waals surface area (Å²) in [7, 11) is -3.47. The Bertz CT molecular complexity index is 968. The molecule has 4 aliphatic rings. The lowest BCUT2D eigenvalue weighted by Gasteiger charge is -2.39. The molecule has 1 aromatic rings. The number of carbonyl (C=O) groups excluding carboxylic acids is 1. The van der Waals surface area contributed by atoms with Crippen molar-refractivity contribution >= 4 is 15.8 Å². The first-order valence-corrected chi connectivity index (χ1v) is 12.4. The Balaban J connectivity index is 1.22. The van der Waals surface area contributed by atoms with Gasteiger partial charge in [-0.25, -0.2) is 8.42 Å². The van der Waals surface area contributed by atoms with E-state index < -0.39 is 15.4 Å². The lowest BCUT2D eigenvalue weighted by molar-refractivity contribution is -0.128. The highest BCUT2D eigenvalue weighted by atomic mass is 32.2. The molecule has 8 heteroatoms. The number of rotatable bonds is 5. The molecule has 30 heavy (non-hydrogen) atoms. The van der Waals surface area contributed by atoms with Crippen molar-refractivity contribution in [1.29, 1.82) is 0 Å². The Morgan fingerprint density at radius 3 is 2.50 bits per heavy atom. The molecule has 7 nitrogen and oxygen atoms in total. The summed E-state index contributed by atoms with van der Waals surface area (Å²) in [5.74, 6) is 2.01. The largest absolute Gasteiger partial charge is 0.454 e. The van der Waals surface area contributed by atoms with Gasteiger partial charge in [0.15, 0.2) is 11.5 Å². The second-order valence-electron chi connectivity index (χ2n) is 9.79. The van der Waals surface area contributed by atoms with E-state index in [0.717, 1.165) is 30.0 Å². The van der Waals surface area contributed by atoms with Gasteiger partial charge in [-0.15, -0.1) is 0 Å². The molecule has 2 aliphatic carbocycles. The third-order valence-corrected chi connectivity index (χ3v) is 10.1. The fourth-order valence-corrected chi connectivity index (χ4v) is 8.18. The van der Waals surface area contributed by atoms with Crippen LogP contribution in [0.4, 0.5) is 0 Å². The summed E-state index contributed by atoms with van der Waals surface area (Å²) in [5, 5.41) is 0. The number of ketones is 1. The van der Waals surface area contributed by atoms with Gasteiger partial charge in [-0.2, -0.15) is 4.31 Å². The second kappa shape index (κ2) is 6.93. The van der Waals surface area contributed by atoms with Gasteiger partial charge in [-0.1, -0.05) is 19.9 Å². The van der Waals surface area contributed by atoms with E-state index in [1.54, 1.807) is 4.31 Å². The van der Waals surface area contributed by atoms with Crippen molar-refractivity contribution in [3.63, 3.8) is 0 Å². The number of hydrogen-bond acceptors (Lipinski definition) is 6. The number of fused-ring (bicyclic) bond motifs is 3. The summed E-state index contributed by atoms with van der Waals surface area (Å²) < 4.78 is 39.0. The van der Waals surface area contributed by atoms with E-state index in [-0.39, 0.29) is 23.7 Å². The van der Waals surface area contributed by atoms with Crippen LogP contribution in [0.5, 0.6) is 11.5 Å². The Hall–Kier alpha value is -1.64. The van der Waals surface area contributed by atoms with Crippen LogP contribution in [0.2, 0.25) is 0 Å². The van der Waals surface area contributed by atoms with Crippen molar-refractivity contribution in [3.8, 4) is 11.5 Å². The third-order valence-electron chi connectivity index (χ3n) is 8.14. The van der Waals surface area contributed by atoms with Crippen LogP contribution in [-0.2, 0) is 21.4 Å². The normalized spacial score (nSPS) is 30.9. The third kappa shape index (κ3) is 3.07. The molecule has 2 atom stereocenters. The van der Waals surface area contributed by atoms with Crippen LogP contribution in [0.25, 0.3) is 0 Å². The summed E-state index contributed by atoms with van der Waals surface area (Å²) >= 11 is 0. The number of nitrogens with zero attached hydrogens (tertiary/aromatic N) is 2. The lowest BCUT2D eigenvalue weighted by atomic mass is 9.70. The summed E-state index contributed by atoms with van der Waals surface area (Å²) in [6.45, 7) is 7.50. The molecule has 2 saturated carbocycles. The highest BCUT2D eigenvalue weighted by Crippen LogP contribution is 2.64. The van der Waals surface area contributed by atoms with Crippen LogP contribution in [0, 0.1) is 16.7 Å². The summed E-state index contributed by atoms with van der Waals surface area (Å²) in [6, 6.07) is 5.95. The monoisotopic (exact) mass is 434 g/mol.